The molecule has 0 radical (unpaired) electrons. The zero-order valence-corrected chi connectivity index (χ0v) is 25.1. The van der Waals surface area contributed by atoms with Crippen molar-refractivity contribution in [1.82, 2.24) is 29.4 Å². The number of anilines is 2. The highest BCUT2D eigenvalue weighted by Gasteiger charge is 2.33. The molecule has 2 fully saturated rings. The van der Waals surface area contributed by atoms with E-state index in [-0.39, 0.29) is 62.5 Å². The monoisotopic (exact) mass is 618 g/mol. The van der Waals surface area contributed by atoms with Gasteiger partial charge in [0.15, 0.2) is 26.3 Å². The number of carbonyl (C=O) groups is 1. The Morgan fingerprint density at radius 3 is 2.57 bits per heavy atom. The minimum Gasteiger partial charge on any atom is -0.383 e. The van der Waals surface area contributed by atoms with E-state index in [2.05, 4.69) is 26.5 Å². The standard InChI is InChI=1S/C30H31FN8O4S/c1-4-23(40)37-13-14-38(17(2)16-37)27-21-15-22(31)24(20-9-6-11-33-26(20)32)35-28(21)39(30(41)36-27)25-19(18-7-5-8-18)10-12-34-29(25)44(3,42)43/h4,6,9-12,15,17-18H,1,5,7-8,13-14,16H2,2-3H3,(H2,32,33)/t17-/m0/s1. The SMILES string of the molecule is C=CC(=O)N1CCN(c2nc(=O)n(-c3c(C4CCC4)ccnc3S(C)(=O)=O)c3nc(-c4cccnc4N)c(F)cc23)[C@@H](C)C1. The highest BCUT2D eigenvalue weighted by atomic mass is 32.2. The fourth-order valence-corrected chi connectivity index (χ4v) is 6.74. The maximum absolute atomic E-state index is 16.0. The first-order chi connectivity index (χ1) is 21.0. The van der Waals surface area contributed by atoms with E-state index < -0.39 is 21.3 Å². The quantitative estimate of drug-likeness (QED) is 0.319. The fraction of sp³-hybridized carbons (Fsp3) is 0.333. The molecule has 44 heavy (non-hydrogen) atoms. The van der Waals surface area contributed by atoms with Crippen LogP contribution in [-0.2, 0) is 14.6 Å². The third-order valence-electron chi connectivity index (χ3n) is 8.32. The van der Waals surface area contributed by atoms with E-state index in [1.807, 2.05) is 11.8 Å². The number of hydrogen-bond donors (Lipinski definition) is 1. The van der Waals surface area contributed by atoms with Crippen LogP contribution in [0.15, 0.2) is 59.1 Å². The van der Waals surface area contributed by atoms with Crippen LogP contribution < -0.4 is 16.3 Å². The van der Waals surface area contributed by atoms with E-state index in [1.54, 1.807) is 23.1 Å². The molecule has 1 atom stereocenters. The molecule has 4 aromatic rings. The van der Waals surface area contributed by atoms with Gasteiger partial charge in [-0.1, -0.05) is 13.0 Å². The highest BCUT2D eigenvalue weighted by molar-refractivity contribution is 7.90. The van der Waals surface area contributed by atoms with E-state index in [9.17, 15) is 18.0 Å². The number of amides is 1. The van der Waals surface area contributed by atoms with Crippen LogP contribution in [0.4, 0.5) is 16.0 Å². The molecule has 2 aliphatic rings. The average molecular weight is 619 g/mol. The van der Waals surface area contributed by atoms with Gasteiger partial charge in [0.1, 0.15) is 17.3 Å². The number of nitrogen functional groups attached to an aromatic ring is 1. The first-order valence-corrected chi connectivity index (χ1v) is 16.1. The summed E-state index contributed by atoms with van der Waals surface area (Å²) in [6.07, 6.45) is 7.73. The van der Waals surface area contributed by atoms with Crippen LogP contribution in [0.5, 0.6) is 0 Å². The Kier molecular flexibility index (Phi) is 7.40. The van der Waals surface area contributed by atoms with E-state index in [0.29, 0.717) is 25.2 Å². The Morgan fingerprint density at radius 1 is 1.16 bits per heavy atom. The second-order valence-corrected chi connectivity index (χ2v) is 13.1. The smallest absolute Gasteiger partial charge is 0.355 e. The molecule has 12 nitrogen and oxygen atoms in total. The summed E-state index contributed by atoms with van der Waals surface area (Å²) in [5, 5.41) is -0.107. The molecule has 1 aliphatic heterocycles. The van der Waals surface area contributed by atoms with Crippen molar-refractivity contribution < 1.29 is 17.6 Å². The molecule has 4 aromatic heterocycles. The third-order valence-corrected chi connectivity index (χ3v) is 9.32. The number of nitrogens with two attached hydrogens (primary N) is 1. The Hall–Kier alpha value is -4.72. The van der Waals surface area contributed by atoms with Gasteiger partial charge in [0.2, 0.25) is 5.91 Å². The van der Waals surface area contributed by atoms with E-state index >= 15 is 4.39 Å². The number of carbonyl (C=O) groups excluding carboxylic acids is 1. The first kappa shape index (κ1) is 29.4. The van der Waals surface area contributed by atoms with Gasteiger partial charge in [-0.25, -0.2) is 37.1 Å². The first-order valence-electron chi connectivity index (χ1n) is 14.2. The topological polar surface area (TPSA) is 157 Å². The zero-order chi connectivity index (χ0) is 31.3. The number of nitrogens with zero attached hydrogens (tertiary/aromatic N) is 7. The number of rotatable bonds is 6. The molecular formula is C30H31FN8O4S. The molecule has 0 bridgehead atoms. The lowest BCUT2D eigenvalue weighted by atomic mass is 9.79. The van der Waals surface area contributed by atoms with Gasteiger partial charge in [-0.05, 0) is 61.6 Å². The van der Waals surface area contributed by atoms with E-state index in [1.165, 1.54) is 24.5 Å². The Bertz CT molecular complexity index is 1990. The number of sulfone groups is 1. The van der Waals surface area contributed by atoms with Crippen molar-refractivity contribution in [1.29, 1.82) is 0 Å². The van der Waals surface area contributed by atoms with Crippen LogP contribution in [0.25, 0.3) is 28.0 Å². The lowest BCUT2D eigenvalue weighted by Gasteiger charge is -2.40. The van der Waals surface area contributed by atoms with E-state index in [4.69, 9.17) is 5.73 Å². The van der Waals surface area contributed by atoms with Gasteiger partial charge in [0, 0.05) is 49.9 Å². The van der Waals surface area contributed by atoms with Crippen LogP contribution in [0.2, 0.25) is 0 Å². The number of fused-ring (bicyclic) bond motifs is 1. The molecule has 1 amide bonds. The molecule has 0 spiro atoms. The second kappa shape index (κ2) is 11.1. The molecule has 0 unspecified atom stereocenters. The third kappa shape index (κ3) is 4.98. The molecular weight excluding hydrogens is 587 g/mol. The molecule has 5 heterocycles. The highest BCUT2D eigenvalue weighted by Crippen LogP contribution is 2.41. The summed E-state index contributed by atoms with van der Waals surface area (Å²) in [5.74, 6) is -0.741. The average Bonchev–Trinajstić information content (AvgIpc) is 2.95. The van der Waals surface area contributed by atoms with Gasteiger partial charge in [-0.3, -0.25) is 4.79 Å². The van der Waals surface area contributed by atoms with Crippen molar-refractivity contribution in [3.63, 3.8) is 0 Å². The summed E-state index contributed by atoms with van der Waals surface area (Å²) in [6, 6.07) is 5.79. The predicted molar refractivity (Wildman–Crippen MR) is 164 cm³/mol. The minimum absolute atomic E-state index is 0.000454. The van der Waals surface area contributed by atoms with Gasteiger partial charge < -0.3 is 15.5 Å². The van der Waals surface area contributed by atoms with Crippen molar-refractivity contribution in [3.8, 4) is 16.9 Å². The van der Waals surface area contributed by atoms with Gasteiger partial charge in [-0.2, -0.15) is 4.98 Å². The summed E-state index contributed by atoms with van der Waals surface area (Å²) < 4.78 is 43.2. The molecule has 2 N–H and O–H groups in total. The second-order valence-electron chi connectivity index (χ2n) is 11.2. The molecule has 1 aliphatic carbocycles. The van der Waals surface area contributed by atoms with Crippen molar-refractivity contribution in [2.75, 3.05) is 36.5 Å². The fourth-order valence-electron chi connectivity index (χ4n) is 5.93. The lowest BCUT2D eigenvalue weighted by Crippen LogP contribution is -2.54. The number of pyridine rings is 3. The Morgan fingerprint density at radius 2 is 1.93 bits per heavy atom. The van der Waals surface area contributed by atoms with Crippen molar-refractivity contribution in [3.05, 3.63) is 71.2 Å². The van der Waals surface area contributed by atoms with Gasteiger partial charge in [0.25, 0.3) is 0 Å². The van der Waals surface area contributed by atoms with Crippen LogP contribution in [-0.4, -0.2) is 75.7 Å². The largest absolute Gasteiger partial charge is 0.383 e. The molecule has 14 heteroatoms. The summed E-state index contributed by atoms with van der Waals surface area (Å²) in [4.78, 5) is 47.2. The van der Waals surface area contributed by atoms with Gasteiger partial charge in [0.05, 0.1) is 11.1 Å². The van der Waals surface area contributed by atoms with Crippen LogP contribution in [0, 0.1) is 5.82 Å². The number of halogens is 1. The zero-order valence-electron chi connectivity index (χ0n) is 24.3. The Labute approximate surface area is 253 Å². The number of aromatic nitrogens is 5. The summed E-state index contributed by atoms with van der Waals surface area (Å²) in [7, 11) is -3.93. The van der Waals surface area contributed by atoms with E-state index in [0.717, 1.165) is 30.1 Å². The van der Waals surface area contributed by atoms with Crippen molar-refractivity contribution in [2.45, 2.75) is 43.2 Å². The van der Waals surface area contributed by atoms with Crippen molar-refractivity contribution in [2.24, 2.45) is 0 Å². The summed E-state index contributed by atoms with van der Waals surface area (Å²) >= 11 is 0. The van der Waals surface area contributed by atoms with Crippen molar-refractivity contribution >= 4 is 38.4 Å². The van der Waals surface area contributed by atoms with Crippen LogP contribution >= 0.6 is 0 Å². The molecule has 0 aromatic carbocycles. The van der Waals surface area contributed by atoms with Gasteiger partial charge >= 0.3 is 5.69 Å². The maximum atomic E-state index is 16.0. The maximum Gasteiger partial charge on any atom is 0.355 e. The lowest BCUT2D eigenvalue weighted by molar-refractivity contribution is -0.126. The molecule has 1 saturated heterocycles. The summed E-state index contributed by atoms with van der Waals surface area (Å²) in [5.41, 5.74) is 6.04. The molecule has 1 saturated carbocycles. The molecule has 6 rings (SSSR count). The van der Waals surface area contributed by atoms with Crippen LogP contribution in [0.3, 0.4) is 0 Å². The number of hydrogen-bond acceptors (Lipinski definition) is 10. The number of piperazine rings is 1. The minimum atomic E-state index is -3.93. The Balaban J connectivity index is 1.67. The summed E-state index contributed by atoms with van der Waals surface area (Å²) in [6.45, 7) is 6.39. The van der Waals surface area contributed by atoms with Crippen LogP contribution in [0.1, 0.15) is 37.7 Å². The normalized spacial score (nSPS) is 17.5. The van der Waals surface area contributed by atoms with Gasteiger partial charge in [-0.15, -0.1) is 0 Å². The predicted octanol–water partition coefficient (Wildman–Crippen LogP) is 2.85. The molecule has 228 valence electrons.